The lowest BCUT2D eigenvalue weighted by Gasteiger charge is -2.37. The average Bonchev–Trinajstić information content (AvgIpc) is 2.42. The number of benzene rings is 1. The summed E-state index contributed by atoms with van der Waals surface area (Å²) >= 11 is 0. The van der Waals surface area contributed by atoms with E-state index < -0.39 is 16.0 Å². The van der Waals surface area contributed by atoms with Crippen LogP contribution in [-0.4, -0.2) is 46.4 Å². The topological polar surface area (TPSA) is 102 Å². The molecule has 0 unspecified atom stereocenters. The first kappa shape index (κ1) is 15.7. The number of nitrogens with one attached hydrogen (secondary N) is 1. The van der Waals surface area contributed by atoms with E-state index in [-0.39, 0.29) is 28.2 Å². The molecule has 0 bridgehead atoms. The maximum Gasteiger partial charge on any atom is 0.335 e. The molecule has 2 rings (SSSR count). The minimum Gasteiger partial charge on any atom is -0.495 e. The van der Waals surface area contributed by atoms with Gasteiger partial charge in [0, 0.05) is 12.0 Å². The van der Waals surface area contributed by atoms with Crippen molar-refractivity contribution in [2.24, 2.45) is 5.41 Å². The van der Waals surface area contributed by atoms with Gasteiger partial charge in [0.05, 0.1) is 25.9 Å². The number of ether oxygens (including phenoxy) is 2. The van der Waals surface area contributed by atoms with Gasteiger partial charge in [-0.05, 0) is 18.2 Å². The third-order valence-corrected chi connectivity index (χ3v) is 4.71. The van der Waals surface area contributed by atoms with E-state index in [4.69, 9.17) is 14.6 Å². The van der Waals surface area contributed by atoms with Crippen molar-refractivity contribution in [2.75, 3.05) is 26.9 Å². The fourth-order valence-electron chi connectivity index (χ4n) is 1.92. The van der Waals surface area contributed by atoms with E-state index in [9.17, 15) is 13.2 Å². The highest BCUT2D eigenvalue weighted by Crippen LogP contribution is 2.28. The lowest BCUT2D eigenvalue weighted by Crippen LogP contribution is -2.48. The van der Waals surface area contributed by atoms with E-state index in [1.807, 2.05) is 6.92 Å². The summed E-state index contributed by atoms with van der Waals surface area (Å²) < 4.78 is 37.2. The van der Waals surface area contributed by atoms with Gasteiger partial charge >= 0.3 is 5.97 Å². The normalized spacial score (nSPS) is 17.0. The van der Waals surface area contributed by atoms with Gasteiger partial charge in [-0.3, -0.25) is 0 Å². The van der Waals surface area contributed by atoms with Gasteiger partial charge in [0.2, 0.25) is 10.0 Å². The molecule has 1 aromatic rings. The minimum absolute atomic E-state index is 0.0995. The van der Waals surface area contributed by atoms with Crippen LogP contribution >= 0.6 is 0 Å². The molecule has 21 heavy (non-hydrogen) atoms. The second-order valence-corrected chi connectivity index (χ2v) is 7.03. The van der Waals surface area contributed by atoms with Crippen molar-refractivity contribution in [1.82, 2.24) is 4.72 Å². The predicted molar refractivity (Wildman–Crippen MR) is 74.1 cm³/mol. The van der Waals surface area contributed by atoms with Gasteiger partial charge in [0.1, 0.15) is 10.6 Å². The molecule has 0 aromatic heterocycles. The Kier molecular flexibility index (Phi) is 4.22. The van der Waals surface area contributed by atoms with Crippen molar-refractivity contribution in [3.63, 3.8) is 0 Å². The zero-order valence-electron chi connectivity index (χ0n) is 11.8. The van der Waals surface area contributed by atoms with Gasteiger partial charge in [-0.2, -0.15) is 0 Å². The summed E-state index contributed by atoms with van der Waals surface area (Å²) in [5.41, 5.74) is -0.348. The molecular formula is C13H17NO6S. The van der Waals surface area contributed by atoms with Crippen molar-refractivity contribution in [3.05, 3.63) is 23.8 Å². The van der Waals surface area contributed by atoms with Gasteiger partial charge < -0.3 is 14.6 Å². The first-order chi connectivity index (χ1) is 9.77. The summed E-state index contributed by atoms with van der Waals surface area (Å²) in [6.07, 6.45) is 0. The van der Waals surface area contributed by atoms with E-state index in [0.717, 1.165) is 6.07 Å². The fraction of sp³-hybridized carbons (Fsp3) is 0.462. The number of carboxylic acid groups (broad SMARTS) is 1. The SMILES string of the molecule is COc1ccc(C(=O)O)cc1S(=O)(=O)NCC1(C)COC1. The molecule has 0 saturated carbocycles. The van der Waals surface area contributed by atoms with Crippen molar-refractivity contribution in [2.45, 2.75) is 11.8 Å². The Bertz CT molecular complexity index is 651. The van der Waals surface area contributed by atoms with Crippen molar-refractivity contribution in [1.29, 1.82) is 0 Å². The standard InChI is InChI=1S/C13H17NO6S/c1-13(7-20-8-13)6-14-21(17,18)11-5-9(12(15)16)3-4-10(11)19-2/h3-5,14H,6-8H2,1-2H3,(H,15,16). The number of methoxy groups -OCH3 is 1. The number of carboxylic acids is 1. The monoisotopic (exact) mass is 315 g/mol. The molecule has 7 nitrogen and oxygen atoms in total. The second kappa shape index (κ2) is 5.63. The quantitative estimate of drug-likeness (QED) is 0.801. The lowest BCUT2D eigenvalue weighted by molar-refractivity contribution is -0.0965. The largest absolute Gasteiger partial charge is 0.495 e. The lowest BCUT2D eigenvalue weighted by atomic mass is 9.89. The van der Waals surface area contributed by atoms with E-state index in [1.54, 1.807) is 0 Å². The first-order valence-corrected chi connectivity index (χ1v) is 7.74. The van der Waals surface area contributed by atoms with Crippen molar-refractivity contribution >= 4 is 16.0 Å². The number of hydrogen-bond acceptors (Lipinski definition) is 5. The van der Waals surface area contributed by atoms with Gasteiger partial charge in [-0.15, -0.1) is 0 Å². The van der Waals surface area contributed by atoms with Gasteiger partial charge in [-0.1, -0.05) is 6.92 Å². The summed E-state index contributed by atoms with van der Waals surface area (Å²) in [6.45, 7) is 3.10. The Hall–Kier alpha value is -1.64. The Morgan fingerprint density at radius 2 is 2.14 bits per heavy atom. The Labute approximate surface area is 122 Å². The Balaban J connectivity index is 2.29. The zero-order valence-corrected chi connectivity index (χ0v) is 12.6. The van der Waals surface area contributed by atoms with Crippen LogP contribution in [0.1, 0.15) is 17.3 Å². The molecule has 0 amide bonds. The molecule has 1 heterocycles. The smallest absolute Gasteiger partial charge is 0.335 e. The van der Waals surface area contributed by atoms with Crippen LogP contribution in [-0.2, 0) is 14.8 Å². The van der Waals surface area contributed by atoms with Crippen LogP contribution in [0.5, 0.6) is 5.75 Å². The van der Waals surface area contributed by atoms with Gasteiger partial charge in [0.15, 0.2) is 0 Å². The number of rotatable bonds is 6. The van der Waals surface area contributed by atoms with Crippen molar-refractivity contribution < 1.29 is 27.8 Å². The number of carbonyl (C=O) groups is 1. The van der Waals surface area contributed by atoms with Crippen LogP contribution in [0.25, 0.3) is 0 Å². The molecule has 1 aliphatic heterocycles. The molecule has 8 heteroatoms. The number of sulfonamides is 1. The third-order valence-electron chi connectivity index (χ3n) is 3.29. The van der Waals surface area contributed by atoms with Crippen LogP contribution in [0.3, 0.4) is 0 Å². The van der Waals surface area contributed by atoms with Gasteiger partial charge in [0.25, 0.3) is 0 Å². The van der Waals surface area contributed by atoms with E-state index in [2.05, 4.69) is 4.72 Å². The van der Waals surface area contributed by atoms with Gasteiger partial charge in [-0.25, -0.2) is 17.9 Å². The Morgan fingerprint density at radius 1 is 1.48 bits per heavy atom. The highest BCUT2D eigenvalue weighted by atomic mass is 32.2. The summed E-state index contributed by atoms with van der Waals surface area (Å²) in [5, 5.41) is 8.97. The summed E-state index contributed by atoms with van der Waals surface area (Å²) in [4.78, 5) is 10.8. The zero-order chi connectivity index (χ0) is 15.7. The predicted octanol–water partition coefficient (Wildman–Crippen LogP) is 0.708. The molecule has 1 aliphatic rings. The van der Waals surface area contributed by atoms with E-state index in [0.29, 0.717) is 13.2 Å². The molecule has 1 aromatic carbocycles. The summed E-state index contributed by atoms with van der Waals surface area (Å²) in [7, 11) is -2.53. The first-order valence-electron chi connectivity index (χ1n) is 6.26. The summed E-state index contributed by atoms with van der Waals surface area (Å²) in [6, 6.07) is 3.70. The number of hydrogen-bond donors (Lipinski definition) is 2. The second-order valence-electron chi connectivity index (χ2n) is 5.30. The highest BCUT2D eigenvalue weighted by Gasteiger charge is 2.35. The van der Waals surface area contributed by atoms with Crippen LogP contribution in [0, 0.1) is 5.41 Å². The molecule has 0 atom stereocenters. The average molecular weight is 315 g/mol. The third kappa shape index (κ3) is 3.34. The maximum absolute atomic E-state index is 12.3. The molecule has 2 N–H and O–H groups in total. The van der Waals surface area contributed by atoms with Crippen LogP contribution in [0.2, 0.25) is 0 Å². The van der Waals surface area contributed by atoms with E-state index >= 15 is 0 Å². The minimum atomic E-state index is -3.86. The van der Waals surface area contributed by atoms with Crippen molar-refractivity contribution in [3.8, 4) is 5.75 Å². The molecule has 0 aliphatic carbocycles. The van der Waals surface area contributed by atoms with Crippen LogP contribution < -0.4 is 9.46 Å². The summed E-state index contributed by atoms with van der Waals surface area (Å²) in [5.74, 6) is -1.10. The number of aromatic carboxylic acids is 1. The fourth-order valence-corrected chi connectivity index (χ4v) is 3.31. The molecule has 0 spiro atoms. The maximum atomic E-state index is 12.3. The molecule has 116 valence electrons. The molecule has 1 fully saturated rings. The van der Waals surface area contributed by atoms with Crippen LogP contribution in [0.15, 0.2) is 23.1 Å². The Morgan fingerprint density at radius 3 is 2.62 bits per heavy atom. The van der Waals surface area contributed by atoms with Crippen LogP contribution in [0.4, 0.5) is 0 Å². The van der Waals surface area contributed by atoms with E-state index in [1.165, 1.54) is 19.2 Å². The molecular weight excluding hydrogens is 298 g/mol. The molecule has 1 saturated heterocycles. The molecule has 0 radical (unpaired) electrons. The highest BCUT2D eigenvalue weighted by molar-refractivity contribution is 7.89.